The monoisotopic (exact) mass is 468 g/mol. The van der Waals surface area contributed by atoms with Crippen LogP contribution >= 0.6 is 11.3 Å². The van der Waals surface area contributed by atoms with Crippen molar-refractivity contribution in [3.05, 3.63) is 52.0 Å². The number of amides is 1. The Morgan fingerprint density at radius 2 is 1.91 bits per heavy atom. The number of aryl methyl sites for hydroxylation is 1. The van der Waals surface area contributed by atoms with Gasteiger partial charge in [0, 0.05) is 12.5 Å². The van der Waals surface area contributed by atoms with Gasteiger partial charge >= 0.3 is 6.18 Å². The summed E-state index contributed by atoms with van der Waals surface area (Å²) in [6.45, 7) is 4.31. The predicted molar refractivity (Wildman–Crippen MR) is 116 cm³/mol. The van der Waals surface area contributed by atoms with E-state index < -0.39 is 11.9 Å². The van der Waals surface area contributed by atoms with Crippen LogP contribution in [0.5, 0.6) is 11.5 Å². The summed E-state index contributed by atoms with van der Waals surface area (Å²) in [6.07, 6.45) is -4.54. The molecule has 1 amide bonds. The van der Waals surface area contributed by atoms with Gasteiger partial charge in [-0.1, -0.05) is 6.07 Å². The number of pyridine rings is 1. The Morgan fingerprint density at radius 1 is 1.16 bits per heavy atom. The van der Waals surface area contributed by atoms with Gasteiger partial charge in [-0.2, -0.15) is 13.2 Å². The Balaban J connectivity index is 1.79. The second-order valence-electron chi connectivity index (χ2n) is 7.05. The third-order valence-electron chi connectivity index (χ3n) is 4.88. The molecule has 32 heavy (non-hydrogen) atoms. The molecule has 10 heteroatoms. The van der Waals surface area contributed by atoms with Gasteiger partial charge in [-0.25, -0.2) is 4.98 Å². The molecule has 1 N–H and O–H groups in total. The standard InChI is InChI=1S/C22H23F3N2O4S/c1-12-15-6-8-18(22(23,24)25)27-21(15)32-19(12)20(28)26-13(2)14-5-7-16(17(11-14)30-4)31-10-9-29-3/h5-8,11,13H,9-10H2,1-4H3,(H,26,28). The van der Waals surface area contributed by atoms with Crippen molar-refractivity contribution in [2.45, 2.75) is 26.1 Å². The lowest BCUT2D eigenvalue weighted by atomic mass is 10.1. The van der Waals surface area contributed by atoms with E-state index in [0.717, 1.165) is 23.0 Å². The topological polar surface area (TPSA) is 69.7 Å². The summed E-state index contributed by atoms with van der Waals surface area (Å²) >= 11 is 0.941. The molecule has 1 unspecified atom stereocenters. The average Bonchev–Trinajstić information content (AvgIpc) is 3.09. The fourth-order valence-corrected chi connectivity index (χ4v) is 4.21. The zero-order valence-electron chi connectivity index (χ0n) is 18.0. The van der Waals surface area contributed by atoms with Crippen molar-refractivity contribution in [2.75, 3.05) is 27.4 Å². The molecule has 6 nitrogen and oxygen atoms in total. The Hall–Kier alpha value is -2.85. The van der Waals surface area contributed by atoms with E-state index in [-0.39, 0.29) is 16.8 Å². The lowest BCUT2D eigenvalue weighted by molar-refractivity contribution is -0.140. The molecular formula is C22H23F3N2O4S. The lowest BCUT2D eigenvalue weighted by Gasteiger charge is -2.17. The first-order valence-electron chi connectivity index (χ1n) is 9.73. The fourth-order valence-electron chi connectivity index (χ4n) is 3.13. The Bertz CT molecular complexity index is 1110. The van der Waals surface area contributed by atoms with Crippen LogP contribution in [0.15, 0.2) is 30.3 Å². The van der Waals surface area contributed by atoms with E-state index in [0.29, 0.717) is 40.5 Å². The van der Waals surface area contributed by atoms with E-state index in [2.05, 4.69) is 10.3 Å². The molecule has 1 aromatic carbocycles. The van der Waals surface area contributed by atoms with Crippen LogP contribution in [0.1, 0.15) is 39.5 Å². The Morgan fingerprint density at radius 3 is 2.56 bits per heavy atom. The molecule has 0 saturated heterocycles. The molecular weight excluding hydrogens is 445 g/mol. The van der Waals surface area contributed by atoms with Crippen LogP contribution in [0, 0.1) is 6.92 Å². The number of hydrogen-bond acceptors (Lipinski definition) is 6. The number of nitrogens with one attached hydrogen (secondary N) is 1. The summed E-state index contributed by atoms with van der Waals surface area (Å²) in [5.74, 6) is 0.686. The zero-order chi connectivity index (χ0) is 23.5. The molecule has 2 aromatic heterocycles. The molecule has 0 bridgehead atoms. The molecule has 3 rings (SSSR count). The van der Waals surface area contributed by atoms with Crippen molar-refractivity contribution >= 4 is 27.5 Å². The second kappa shape index (κ2) is 9.74. The highest BCUT2D eigenvalue weighted by Crippen LogP contribution is 2.35. The molecule has 0 aliphatic carbocycles. The van der Waals surface area contributed by atoms with Crippen molar-refractivity contribution in [1.29, 1.82) is 0 Å². The van der Waals surface area contributed by atoms with Gasteiger partial charge in [0.2, 0.25) is 0 Å². The first-order valence-corrected chi connectivity index (χ1v) is 10.5. The van der Waals surface area contributed by atoms with Crippen LogP contribution in [-0.2, 0) is 10.9 Å². The number of methoxy groups -OCH3 is 2. The summed E-state index contributed by atoms with van der Waals surface area (Å²) in [4.78, 5) is 17.1. The second-order valence-corrected chi connectivity index (χ2v) is 8.05. The largest absolute Gasteiger partial charge is 0.493 e. The van der Waals surface area contributed by atoms with Crippen LogP contribution < -0.4 is 14.8 Å². The molecule has 0 fully saturated rings. The van der Waals surface area contributed by atoms with Gasteiger partial charge in [-0.15, -0.1) is 11.3 Å². The average molecular weight is 468 g/mol. The zero-order valence-corrected chi connectivity index (χ0v) is 18.8. The highest BCUT2D eigenvalue weighted by Gasteiger charge is 2.33. The van der Waals surface area contributed by atoms with Crippen LogP contribution in [0.25, 0.3) is 10.2 Å². The maximum absolute atomic E-state index is 13.0. The van der Waals surface area contributed by atoms with E-state index in [1.165, 1.54) is 13.2 Å². The Labute approximate surface area is 187 Å². The third kappa shape index (κ3) is 5.13. The summed E-state index contributed by atoms with van der Waals surface area (Å²) in [6, 6.07) is 7.22. The number of carbonyl (C=O) groups excluding carboxylic acids is 1. The first kappa shape index (κ1) is 23.8. The minimum atomic E-state index is -4.54. The van der Waals surface area contributed by atoms with Crippen molar-refractivity contribution in [2.24, 2.45) is 0 Å². The van der Waals surface area contributed by atoms with Gasteiger partial charge in [-0.3, -0.25) is 4.79 Å². The number of aromatic nitrogens is 1. The van der Waals surface area contributed by atoms with Crippen molar-refractivity contribution < 1.29 is 32.2 Å². The van der Waals surface area contributed by atoms with Gasteiger partial charge in [0.1, 0.15) is 17.1 Å². The maximum Gasteiger partial charge on any atom is 0.433 e. The summed E-state index contributed by atoms with van der Waals surface area (Å²) in [5.41, 5.74) is 0.396. The molecule has 0 spiro atoms. The fraction of sp³-hybridized carbons (Fsp3) is 0.364. The summed E-state index contributed by atoms with van der Waals surface area (Å²) in [5, 5.41) is 3.42. The number of benzene rings is 1. The van der Waals surface area contributed by atoms with Crippen LogP contribution in [0.3, 0.4) is 0 Å². The van der Waals surface area contributed by atoms with Crippen LogP contribution in [-0.4, -0.2) is 38.3 Å². The number of thiophene rings is 1. The minimum Gasteiger partial charge on any atom is -0.493 e. The van der Waals surface area contributed by atoms with E-state index in [1.54, 1.807) is 33.1 Å². The van der Waals surface area contributed by atoms with Crippen molar-refractivity contribution in [1.82, 2.24) is 10.3 Å². The van der Waals surface area contributed by atoms with Gasteiger partial charge in [0.15, 0.2) is 11.5 Å². The number of fused-ring (bicyclic) bond motifs is 1. The number of ether oxygens (including phenoxy) is 3. The van der Waals surface area contributed by atoms with Crippen molar-refractivity contribution in [3.63, 3.8) is 0 Å². The molecule has 0 radical (unpaired) electrons. The van der Waals surface area contributed by atoms with E-state index in [1.807, 2.05) is 6.07 Å². The predicted octanol–water partition coefficient (Wildman–Crippen LogP) is 5.15. The normalized spacial score (nSPS) is 12.6. The van der Waals surface area contributed by atoms with Crippen molar-refractivity contribution in [3.8, 4) is 11.5 Å². The van der Waals surface area contributed by atoms with E-state index >= 15 is 0 Å². The maximum atomic E-state index is 13.0. The molecule has 3 aromatic rings. The number of hydrogen-bond donors (Lipinski definition) is 1. The minimum absolute atomic E-state index is 0.175. The summed E-state index contributed by atoms with van der Waals surface area (Å²) in [7, 11) is 3.10. The first-order chi connectivity index (χ1) is 15.2. The molecule has 1 atom stereocenters. The molecule has 172 valence electrons. The van der Waals surface area contributed by atoms with Crippen LogP contribution in [0.4, 0.5) is 13.2 Å². The van der Waals surface area contributed by atoms with E-state index in [4.69, 9.17) is 14.2 Å². The van der Waals surface area contributed by atoms with Gasteiger partial charge in [0.25, 0.3) is 5.91 Å². The van der Waals surface area contributed by atoms with Gasteiger partial charge in [0.05, 0.1) is 24.6 Å². The number of carbonyl (C=O) groups is 1. The summed E-state index contributed by atoms with van der Waals surface area (Å²) < 4.78 is 54.8. The highest BCUT2D eigenvalue weighted by molar-refractivity contribution is 7.20. The quantitative estimate of drug-likeness (QED) is 0.463. The third-order valence-corrected chi connectivity index (χ3v) is 6.08. The molecule has 0 saturated carbocycles. The smallest absolute Gasteiger partial charge is 0.433 e. The number of rotatable bonds is 8. The van der Waals surface area contributed by atoms with Gasteiger partial charge < -0.3 is 19.5 Å². The Kier molecular flexibility index (Phi) is 7.25. The molecule has 2 heterocycles. The number of alkyl halides is 3. The lowest BCUT2D eigenvalue weighted by Crippen LogP contribution is -2.26. The van der Waals surface area contributed by atoms with Gasteiger partial charge in [-0.05, 0) is 49.2 Å². The highest BCUT2D eigenvalue weighted by atomic mass is 32.1. The SMILES string of the molecule is COCCOc1ccc(C(C)NC(=O)c2sc3nc(C(F)(F)F)ccc3c2C)cc1OC. The van der Waals surface area contributed by atoms with E-state index in [9.17, 15) is 18.0 Å². The number of halogens is 3. The molecule has 0 aliphatic rings. The number of nitrogens with zero attached hydrogens (tertiary/aromatic N) is 1. The van der Waals surface area contributed by atoms with Crippen LogP contribution in [0.2, 0.25) is 0 Å². The molecule has 0 aliphatic heterocycles.